The lowest BCUT2D eigenvalue weighted by atomic mass is 9.98. The van der Waals surface area contributed by atoms with E-state index in [4.69, 9.17) is 0 Å². The van der Waals surface area contributed by atoms with E-state index in [0.717, 1.165) is 0 Å². The molecule has 0 radical (unpaired) electrons. The van der Waals surface area contributed by atoms with Crippen LogP contribution in [0.3, 0.4) is 0 Å². The third-order valence-corrected chi connectivity index (χ3v) is 3.92. The summed E-state index contributed by atoms with van der Waals surface area (Å²) in [6.07, 6.45) is 1.45. The highest BCUT2D eigenvalue weighted by Crippen LogP contribution is 2.15. The van der Waals surface area contributed by atoms with Gasteiger partial charge in [0.25, 0.3) is 5.91 Å². The number of nitrogens with zero attached hydrogens (tertiary/aromatic N) is 4. The minimum Gasteiger partial charge on any atom is -0.289 e. The Hall–Kier alpha value is -4.07. The third-order valence-electron chi connectivity index (χ3n) is 3.92. The molecule has 0 aliphatic heterocycles. The van der Waals surface area contributed by atoms with Gasteiger partial charge in [0, 0.05) is 11.1 Å². The second-order valence-electron chi connectivity index (χ2n) is 5.67. The molecule has 2 aromatic carbocycles. The van der Waals surface area contributed by atoms with Gasteiger partial charge in [0.15, 0.2) is 17.2 Å². The second kappa shape index (κ2) is 7.04. The molecule has 2 heterocycles. The van der Waals surface area contributed by atoms with Crippen LogP contribution in [0.15, 0.2) is 73.1 Å². The van der Waals surface area contributed by atoms with E-state index < -0.39 is 5.91 Å². The largest absolute Gasteiger partial charge is 0.289 e. The van der Waals surface area contributed by atoms with E-state index >= 15 is 0 Å². The van der Waals surface area contributed by atoms with E-state index in [1.807, 2.05) is 6.07 Å². The minimum atomic E-state index is -0.444. The fourth-order valence-corrected chi connectivity index (χ4v) is 2.61. The average Bonchev–Trinajstić information content (AvgIpc) is 3.20. The van der Waals surface area contributed by atoms with Gasteiger partial charge in [-0.25, -0.2) is 0 Å². The number of ketones is 1. The van der Waals surface area contributed by atoms with Crippen LogP contribution in [-0.2, 0) is 0 Å². The van der Waals surface area contributed by atoms with Crippen LogP contribution in [0.1, 0.15) is 26.3 Å². The topological polar surface area (TPSA) is 101 Å². The molecule has 8 heteroatoms. The average molecular weight is 358 g/mol. The van der Waals surface area contributed by atoms with Gasteiger partial charge in [-0.05, 0) is 18.2 Å². The van der Waals surface area contributed by atoms with Crippen molar-refractivity contribution in [1.82, 2.24) is 25.2 Å². The minimum absolute atomic E-state index is 0.217. The highest BCUT2D eigenvalue weighted by Gasteiger charge is 2.17. The van der Waals surface area contributed by atoms with Crippen molar-refractivity contribution in [3.63, 3.8) is 0 Å². The van der Waals surface area contributed by atoms with E-state index in [-0.39, 0.29) is 11.3 Å². The molecule has 0 saturated heterocycles. The van der Waals surface area contributed by atoms with Crippen LogP contribution in [-0.4, -0.2) is 31.5 Å². The first kappa shape index (κ1) is 16.4. The van der Waals surface area contributed by atoms with Gasteiger partial charge in [-0.3, -0.25) is 20.4 Å². The second-order valence-corrected chi connectivity index (χ2v) is 5.67. The van der Waals surface area contributed by atoms with E-state index in [1.54, 1.807) is 60.7 Å². The number of amides is 1. The van der Waals surface area contributed by atoms with Crippen molar-refractivity contribution >= 4 is 23.2 Å². The van der Waals surface area contributed by atoms with Crippen molar-refractivity contribution in [2.24, 2.45) is 0 Å². The molecule has 0 saturated carbocycles. The lowest BCUT2D eigenvalue weighted by Gasteiger charge is -2.11. The van der Waals surface area contributed by atoms with Crippen LogP contribution in [0.4, 0.5) is 5.82 Å². The Bertz CT molecular complexity index is 1120. The maximum absolute atomic E-state index is 12.7. The number of anilines is 1. The summed E-state index contributed by atoms with van der Waals surface area (Å²) in [4.78, 5) is 25.3. The van der Waals surface area contributed by atoms with Crippen LogP contribution in [0, 0.1) is 0 Å². The zero-order valence-electron chi connectivity index (χ0n) is 14.0. The first-order chi connectivity index (χ1) is 13.2. The first-order valence-electron chi connectivity index (χ1n) is 8.14. The van der Waals surface area contributed by atoms with Crippen LogP contribution in [0.5, 0.6) is 0 Å². The third kappa shape index (κ3) is 3.36. The van der Waals surface area contributed by atoms with E-state index in [2.05, 4.69) is 26.1 Å². The fourth-order valence-electron chi connectivity index (χ4n) is 2.61. The number of nitrogens with one attached hydrogen (secondary N) is 2. The molecule has 1 amide bonds. The number of hydrogen-bond acceptors (Lipinski definition) is 6. The molecule has 2 aromatic heterocycles. The van der Waals surface area contributed by atoms with Crippen LogP contribution in [0.25, 0.3) is 5.65 Å². The number of aromatic nitrogens is 4. The van der Waals surface area contributed by atoms with Crippen molar-refractivity contribution in [3.05, 3.63) is 89.7 Å². The summed E-state index contributed by atoms with van der Waals surface area (Å²) < 4.78 is 1.47. The first-order valence-corrected chi connectivity index (χ1v) is 8.14. The van der Waals surface area contributed by atoms with Gasteiger partial charge in [0.2, 0.25) is 0 Å². The van der Waals surface area contributed by atoms with Crippen molar-refractivity contribution < 1.29 is 9.59 Å². The number of hydrazine groups is 1. The van der Waals surface area contributed by atoms with Gasteiger partial charge in [0.1, 0.15) is 6.33 Å². The van der Waals surface area contributed by atoms with Crippen molar-refractivity contribution in [2.45, 2.75) is 0 Å². The Kier molecular flexibility index (Phi) is 4.28. The van der Waals surface area contributed by atoms with Crippen molar-refractivity contribution in [2.75, 3.05) is 5.43 Å². The Balaban J connectivity index is 1.54. The summed E-state index contributed by atoms with van der Waals surface area (Å²) in [5, 5.41) is 11.8. The summed E-state index contributed by atoms with van der Waals surface area (Å²) in [5.41, 5.74) is 6.99. The Morgan fingerprint density at radius 3 is 2.41 bits per heavy atom. The van der Waals surface area contributed by atoms with Gasteiger partial charge in [-0.1, -0.05) is 48.5 Å². The SMILES string of the molecule is O=C(NNc1ccc2nncn2n1)c1ccccc1C(=O)c1ccccc1. The van der Waals surface area contributed by atoms with E-state index in [9.17, 15) is 9.59 Å². The molecule has 0 bridgehead atoms. The molecular weight excluding hydrogens is 344 g/mol. The quantitative estimate of drug-likeness (QED) is 0.419. The van der Waals surface area contributed by atoms with Crippen LogP contribution in [0.2, 0.25) is 0 Å². The number of benzene rings is 2. The molecule has 0 atom stereocenters. The van der Waals surface area contributed by atoms with E-state index in [0.29, 0.717) is 22.6 Å². The maximum atomic E-state index is 12.7. The summed E-state index contributed by atoms with van der Waals surface area (Å²) >= 11 is 0. The molecule has 27 heavy (non-hydrogen) atoms. The van der Waals surface area contributed by atoms with Crippen molar-refractivity contribution in [1.29, 1.82) is 0 Å². The summed E-state index contributed by atoms with van der Waals surface area (Å²) in [7, 11) is 0. The Morgan fingerprint density at radius 2 is 1.59 bits per heavy atom. The molecule has 132 valence electrons. The molecule has 0 fully saturated rings. The Labute approximate surface area is 153 Å². The summed E-state index contributed by atoms with van der Waals surface area (Å²) in [6.45, 7) is 0. The standard InChI is InChI=1S/C19H14N6O2/c26-18(13-6-2-1-3-7-13)14-8-4-5-9-15(14)19(27)23-21-16-10-11-17-22-20-12-25(17)24-16/h1-12H,(H,21,24)(H,23,27). The monoisotopic (exact) mass is 358 g/mol. The molecule has 4 rings (SSSR count). The van der Waals surface area contributed by atoms with Crippen LogP contribution >= 0.6 is 0 Å². The lowest BCUT2D eigenvalue weighted by molar-refractivity contribution is 0.0950. The smallest absolute Gasteiger partial charge is 0.270 e. The summed E-state index contributed by atoms with van der Waals surface area (Å²) in [5.74, 6) is -0.256. The molecule has 0 unspecified atom stereocenters. The van der Waals surface area contributed by atoms with Gasteiger partial charge in [-0.15, -0.1) is 15.3 Å². The zero-order chi connectivity index (χ0) is 18.6. The molecule has 0 aliphatic rings. The van der Waals surface area contributed by atoms with Gasteiger partial charge >= 0.3 is 0 Å². The zero-order valence-corrected chi connectivity index (χ0v) is 14.0. The molecule has 8 nitrogen and oxygen atoms in total. The number of hydrogen-bond donors (Lipinski definition) is 2. The highest BCUT2D eigenvalue weighted by atomic mass is 16.2. The number of carbonyl (C=O) groups excluding carboxylic acids is 2. The van der Waals surface area contributed by atoms with Gasteiger partial charge in [-0.2, -0.15) is 4.52 Å². The normalized spacial score (nSPS) is 10.5. The maximum Gasteiger partial charge on any atom is 0.270 e. The van der Waals surface area contributed by atoms with Gasteiger partial charge < -0.3 is 0 Å². The highest BCUT2D eigenvalue weighted by molar-refractivity contribution is 6.15. The number of fused-ring (bicyclic) bond motifs is 1. The Morgan fingerprint density at radius 1 is 0.852 bits per heavy atom. The number of rotatable bonds is 5. The molecular formula is C19H14N6O2. The molecule has 0 aliphatic carbocycles. The fraction of sp³-hybridized carbons (Fsp3) is 0. The lowest BCUT2D eigenvalue weighted by Crippen LogP contribution is -2.31. The predicted octanol–water partition coefficient (Wildman–Crippen LogP) is 2.11. The van der Waals surface area contributed by atoms with Crippen LogP contribution < -0.4 is 10.9 Å². The predicted molar refractivity (Wildman–Crippen MR) is 98.2 cm³/mol. The van der Waals surface area contributed by atoms with Gasteiger partial charge in [0.05, 0.1) is 5.56 Å². The van der Waals surface area contributed by atoms with Crippen molar-refractivity contribution in [3.8, 4) is 0 Å². The molecule has 2 N–H and O–H groups in total. The summed E-state index contributed by atoms with van der Waals surface area (Å²) in [6, 6.07) is 18.9. The number of carbonyl (C=O) groups is 2. The van der Waals surface area contributed by atoms with E-state index in [1.165, 1.54) is 10.8 Å². The molecule has 4 aromatic rings. The molecule has 0 spiro atoms.